The van der Waals surface area contributed by atoms with Gasteiger partial charge in [-0.05, 0) is 12.1 Å². The minimum absolute atomic E-state index is 1.73. The maximum atomic E-state index is 5.61. The van der Waals surface area contributed by atoms with Gasteiger partial charge in [0.25, 0.3) is 22.5 Å². The minimum atomic E-state index is -3.01. The first-order chi connectivity index (χ1) is 17.8. The summed E-state index contributed by atoms with van der Waals surface area (Å²) < 4.78 is 28.8. The SMILES string of the molecule is c1ccn(P2(n3ccnc3)=NP(n3ccnc3)(n3ccnc3)=NP(n3ccnc3)(n3ccnc3)=N2)c1. The van der Waals surface area contributed by atoms with E-state index in [1.807, 2.05) is 77.2 Å². The normalized spacial score (nSPS) is 20.3. The van der Waals surface area contributed by atoms with E-state index in [2.05, 4.69) is 29.3 Å². The quantitative estimate of drug-likeness (QED) is 0.279. The van der Waals surface area contributed by atoms with Crippen molar-refractivity contribution in [1.82, 2.24) is 50.9 Å². The number of hydrogen-bond acceptors (Lipinski definition) is 8. The molecule has 7 heterocycles. The highest BCUT2D eigenvalue weighted by molar-refractivity contribution is 7.84. The van der Waals surface area contributed by atoms with Gasteiger partial charge in [0.05, 0.1) is 0 Å². The van der Waals surface area contributed by atoms with E-state index in [9.17, 15) is 0 Å². The second kappa shape index (κ2) is 8.03. The fraction of sp³-hybridized carbons (Fsp3) is 0. The summed E-state index contributed by atoms with van der Waals surface area (Å²) in [5.41, 5.74) is 0. The maximum Gasteiger partial charge on any atom is 0.283 e. The first kappa shape index (κ1) is 21.3. The molecule has 0 amide bonds. The standard InChI is InChI=1S/C19H19N14P3/c1-2-9-28(8-1)34(29-10-3-20-15-29)25-35(30-11-4-21-16-30,31-12-5-22-17-31)27-36(26-34,32-13-6-23-18-32)33-14-7-24-19-33/h1-19H. The van der Waals surface area contributed by atoms with Gasteiger partial charge in [0.15, 0.2) is 0 Å². The summed E-state index contributed by atoms with van der Waals surface area (Å²) in [6.45, 7) is 0. The van der Waals surface area contributed by atoms with Crippen LogP contribution in [-0.4, -0.2) is 50.9 Å². The Balaban J connectivity index is 1.77. The molecule has 0 aliphatic carbocycles. The van der Waals surface area contributed by atoms with E-state index in [0.717, 1.165) is 0 Å². The van der Waals surface area contributed by atoms with Gasteiger partial charge in [-0.1, -0.05) is 0 Å². The molecule has 36 heavy (non-hydrogen) atoms. The van der Waals surface area contributed by atoms with Gasteiger partial charge in [-0.25, -0.2) is 24.9 Å². The average Bonchev–Trinajstić information content (AvgIpc) is 3.80. The smallest absolute Gasteiger partial charge is 0.283 e. The van der Waals surface area contributed by atoms with Crippen LogP contribution in [0.5, 0.6) is 0 Å². The third-order valence-corrected chi connectivity index (χ3v) is 16.5. The van der Waals surface area contributed by atoms with E-state index in [1.165, 1.54) is 0 Å². The van der Waals surface area contributed by atoms with Crippen LogP contribution in [0, 0.1) is 0 Å². The Bertz CT molecular complexity index is 1400. The molecule has 1 aliphatic heterocycles. The summed E-state index contributed by atoms with van der Waals surface area (Å²) in [5.74, 6) is 0. The molecule has 1 unspecified atom stereocenters. The molecule has 1 aliphatic rings. The molecule has 0 aromatic carbocycles. The van der Waals surface area contributed by atoms with Crippen LogP contribution >= 0.6 is 22.5 Å². The largest absolute Gasteiger partial charge is 0.287 e. The summed E-state index contributed by atoms with van der Waals surface area (Å²) in [4.78, 5) is 21.8. The lowest BCUT2D eigenvalue weighted by atomic mass is 10.7. The topological polar surface area (TPSA) is 131 Å². The second-order valence-corrected chi connectivity index (χ2v) is 15.8. The molecule has 1 atom stereocenters. The van der Waals surface area contributed by atoms with Crippen molar-refractivity contribution < 1.29 is 0 Å². The zero-order valence-corrected chi connectivity index (χ0v) is 21.3. The van der Waals surface area contributed by atoms with Crippen LogP contribution < -0.4 is 0 Å². The monoisotopic (exact) mass is 536 g/mol. The number of imidazole rings is 5. The molecule has 0 radical (unpaired) electrons. The molecule has 0 fully saturated rings. The van der Waals surface area contributed by atoms with Gasteiger partial charge in [0, 0.05) is 74.4 Å². The highest BCUT2D eigenvalue weighted by atomic mass is 31.3. The number of rotatable bonds is 6. The molecule has 0 N–H and O–H groups in total. The Morgan fingerprint density at radius 3 is 0.861 bits per heavy atom. The van der Waals surface area contributed by atoms with Crippen molar-refractivity contribution in [3.63, 3.8) is 0 Å². The lowest BCUT2D eigenvalue weighted by molar-refractivity contribution is 1.02. The van der Waals surface area contributed by atoms with Crippen molar-refractivity contribution in [2.75, 3.05) is 0 Å². The van der Waals surface area contributed by atoms with Crippen LogP contribution in [0.4, 0.5) is 0 Å². The minimum Gasteiger partial charge on any atom is -0.287 e. The second-order valence-electron chi connectivity index (χ2n) is 7.65. The third-order valence-electron chi connectivity index (χ3n) is 5.62. The van der Waals surface area contributed by atoms with Crippen molar-refractivity contribution >= 4 is 22.5 Å². The van der Waals surface area contributed by atoms with Gasteiger partial charge in [0.1, 0.15) is 31.6 Å². The Hall–Kier alpha value is -3.98. The van der Waals surface area contributed by atoms with Gasteiger partial charge in [0.2, 0.25) is 0 Å². The van der Waals surface area contributed by atoms with Crippen LogP contribution in [0.15, 0.2) is 132 Å². The van der Waals surface area contributed by atoms with E-state index in [-0.39, 0.29) is 0 Å². The number of hydrogen-bond donors (Lipinski definition) is 0. The predicted molar refractivity (Wildman–Crippen MR) is 136 cm³/mol. The Morgan fingerprint density at radius 1 is 0.333 bits per heavy atom. The first-order valence-corrected chi connectivity index (χ1v) is 15.5. The molecule has 0 spiro atoms. The fourth-order valence-corrected chi connectivity index (χ4v) is 17.1. The molecule has 0 saturated heterocycles. The molecule has 7 rings (SSSR count). The number of nitrogens with zero attached hydrogens (tertiary/aromatic N) is 14. The van der Waals surface area contributed by atoms with E-state index in [0.29, 0.717) is 0 Å². The van der Waals surface area contributed by atoms with E-state index in [4.69, 9.17) is 13.5 Å². The Labute approximate surface area is 205 Å². The van der Waals surface area contributed by atoms with Crippen LogP contribution in [0.2, 0.25) is 0 Å². The van der Waals surface area contributed by atoms with Crippen LogP contribution in [0.1, 0.15) is 0 Å². The molecule has 6 aromatic rings. The lowest BCUT2D eigenvalue weighted by Gasteiger charge is -2.37. The van der Waals surface area contributed by atoms with Crippen molar-refractivity contribution in [1.29, 1.82) is 0 Å². The summed E-state index contributed by atoms with van der Waals surface area (Å²) in [5, 5.41) is 0. The Kier molecular flexibility index (Phi) is 4.75. The van der Waals surface area contributed by atoms with E-state index in [1.54, 1.807) is 62.6 Å². The molecule has 0 bridgehead atoms. The highest BCUT2D eigenvalue weighted by Gasteiger charge is 2.43. The van der Waals surface area contributed by atoms with Crippen molar-refractivity contribution in [3.05, 3.63) is 118 Å². The van der Waals surface area contributed by atoms with Crippen molar-refractivity contribution in [2.45, 2.75) is 0 Å². The molecular formula is C19H19N14P3. The molecule has 180 valence electrons. The van der Waals surface area contributed by atoms with Gasteiger partial charge >= 0.3 is 0 Å². The van der Waals surface area contributed by atoms with Crippen molar-refractivity contribution in [3.8, 4) is 0 Å². The van der Waals surface area contributed by atoms with E-state index >= 15 is 0 Å². The first-order valence-electron chi connectivity index (χ1n) is 10.7. The molecular weight excluding hydrogens is 517 g/mol. The van der Waals surface area contributed by atoms with Gasteiger partial charge in [-0.15, -0.1) is 0 Å². The lowest BCUT2D eigenvalue weighted by Crippen LogP contribution is -2.13. The van der Waals surface area contributed by atoms with Gasteiger partial charge < -0.3 is 0 Å². The summed E-state index contributed by atoms with van der Waals surface area (Å²) in [7, 11) is -9.00. The fourth-order valence-electron chi connectivity index (χ4n) is 4.01. The predicted octanol–water partition coefficient (Wildman–Crippen LogP) is 4.91. The Morgan fingerprint density at radius 2 is 0.611 bits per heavy atom. The van der Waals surface area contributed by atoms with Gasteiger partial charge in [-0.2, -0.15) is 13.5 Å². The van der Waals surface area contributed by atoms with Crippen LogP contribution in [-0.2, 0) is 0 Å². The summed E-state index contributed by atoms with van der Waals surface area (Å²) >= 11 is 0. The molecule has 14 nitrogen and oxygen atoms in total. The molecule has 17 heteroatoms. The van der Waals surface area contributed by atoms with Crippen molar-refractivity contribution in [2.24, 2.45) is 13.5 Å². The van der Waals surface area contributed by atoms with Gasteiger partial charge in [-0.3, -0.25) is 26.0 Å². The summed E-state index contributed by atoms with van der Waals surface area (Å²) in [6.07, 6.45) is 30.9. The van der Waals surface area contributed by atoms with Crippen LogP contribution in [0.25, 0.3) is 0 Å². The molecule has 0 saturated carbocycles. The maximum absolute atomic E-state index is 5.61. The highest BCUT2D eigenvalue weighted by Crippen LogP contribution is 2.79. The number of aromatic nitrogens is 11. The zero-order valence-electron chi connectivity index (χ0n) is 18.6. The third kappa shape index (κ3) is 2.99. The zero-order chi connectivity index (χ0) is 24.1. The average molecular weight is 536 g/mol. The molecule has 6 aromatic heterocycles. The van der Waals surface area contributed by atoms with E-state index < -0.39 is 22.5 Å². The van der Waals surface area contributed by atoms with Crippen LogP contribution in [0.3, 0.4) is 0 Å². The summed E-state index contributed by atoms with van der Waals surface area (Å²) in [6, 6.07) is 3.94.